The van der Waals surface area contributed by atoms with Gasteiger partial charge in [0.1, 0.15) is 4.21 Å². The van der Waals surface area contributed by atoms with E-state index in [1.54, 1.807) is 16.6 Å². The molecule has 2 aliphatic rings. The van der Waals surface area contributed by atoms with Crippen LogP contribution in [0.25, 0.3) is 0 Å². The number of hydrogen-bond acceptors (Lipinski definition) is 4. The van der Waals surface area contributed by atoms with Crippen molar-refractivity contribution >= 4 is 37.3 Å². The van der Waals surface area contributed by atoms with Crippen molar-refractivity contribution in [2.24, 2.45) is 0 Å². The lowest BCUT2D eigenvalue weighted by atomic mass is 10.00. The van der Waals surface area contributed by atoms with Gasteiger partial charge in [-0.2, -0.15) is 9.40 Å². The van der Waals surface area contributed by atoms with Gasteiger partial charge in [-0.05, 0) is 60.2 Å². The van der Waals surface area contributed by atoms with Gasteiger partial charge in [0, 0.05) is 23.2 Å². The molecule has 2 saturated heterocycles. The van der Waals surface area contributed by atoms with E-state index in [4.69, 9.17) is 0 Å². The fourth-order valence-corrected chi connectivity index (χ4v) is 7.61. The summed E-state index contributed by atoms with van der Waals surface area (Å²) in [4.78, 5) is 1.12. The van der Waals surface area contributed by atoms with E-state index in [1.807, 2.05) is 16.9 Å². The lowest BCUT2D eigenvalue weighted by molar-refractivity contribution is 0.185. The molecule has 0 spiro atoms. The third-order valence-electron chi connectivity index (χ3n) is 5.10. The molecule has 0 amide bonds. The molecule has 0 saturated carbocycles. The first-order valence-electron chi connectivity index (χ1n) is 8.31. The molecular formula is C16H20BrN3O2S2. The quantitative estimate of drug-likeness (QED) is 0.741. The largest absolute Gasteiger partial charge is 0.268 e. The predicted molar refractivity (Wildman–Crippen MR) is 97.7 cm³/mol. The number of aromatic nitrogens is 2. The van der Waals surface area contributed by atoms with Crippen molar-refractivity contribution in [3.63, 3.8) is 0 Å². The van der Waals surface area contributed by atoms with E-state index < -0.39 is 10.0 Å². The van der Waals surface area contributed by atoms with E-state index in [9.17, 15) is 8.42 Å². The highest BCUT2D eigenvalue weighted by molar-refractivity contribution is 9.10. The summed E-state index contributed by atoms with van der Waals surface area (Å²) in [6.45, 7) is 2.06. The van der Waals surface area contributed by atoms with E-state index in [0.29, 0.717) is 4.21 Å². The maximum absolute atomic E-state index is 13.1. The first kappa shape index (κ1) is 16.8. The zero-order chi connectivity index (χ0) is 16.9. The molecule has 130 valence electrons. The van der Waals surface area contributed by atoms with Gasteiger partial charge in [0.15, 0.2) is 0 Å². The van der Waals surface area contributed by atoms with E-state index in [-0.39, 0.29) is 18.1 Å². The van der Waals surface area contributed by atoms with Crippen molar-refractivity contribution < 1.29 is 8.42 Å². The van der Waals surface area contributed by atoms with E-state index >= 15 is 0 Å². The summed E-state index contributed by atoms with van der Waals surface area (Å²) in [5, 5.41) is 4.40. The summed E-state index contributed by atoms with van der Waals surface area (Å²) in [5.41, 5.74) is 0. The van der Waals surface area contributed by atoms with Crippen molar-refractivity contribution in [1.82, 2.24) is 14.1 Å². The number of aryl methyl sites for hydroxylation is 1. The van der Waals surface area contributed by atoms with Gasteiger partial charge < -0.3 is 0 Å². The molecule has 24 heavy (non-hydrogen) atoms. The second-order valence-corrected chi connectivity index (χ2v) is 10.7. The molecule has 0 aliphatic carbocycles. The first-order valence-corrected chi connectivity index (χ1v) is 11.4. The lowest BCUT2D eigenvalue weighted by Crippen LogP contribution is -2.46. The molecule has 5 nitrogen and oxygen atoms in total. The maximum Gasteiger partial charge on any atom is 0.253 e. The number of thiophene rings is 1. The summed E-state index contributed by atoms with van der Waals surface area (Å²) in [6.07, 6.45) is 8.25. The Morgan fingerprint density at radius 3 is 2.50 bits per heavy atom. The SMILES string of the molecule is CCc1ccc(S(=O)(=O)N2C3CCC2CC(n2cc(Br)cn2)C3)s1. The Hall–Kier alpha value is -0.700. The van der Waals surface area contributed by atoms with Crippen LogP contribution in [0.1, 0.15) is 43.5 Å². The van der Waals surface area contributed by atoms with Crippen LogP contribution in [0.15, 0.2) is 33.2 Å². The highest BCUT2D eigenvalue weighted by atomic mass is 79.9. The third-order valence-corrected chi connectivity index (χ3v) is 9.21. The maximum atomic E-state index is 13.1. The second kappa shape index (κ2) is 6.23. The zero-order valence-corrected chi connectivity index (χ0v) is 16.6. The Bertz CT molecular complexity index is 831. The molecule has 8 heteroatoms. The molecule has 4 heterocycles. The molecule has 2 atom stereocenters. The van der Waals surface area contributed by atoms with Crippen LogP contribution < -0.4 is 0 Å². The van der Waals surface area contributed by atoms with Gasteiger partial charge in [-0.3, -0.25) is 4.68 Å². The fourth-order valence-electron chi connectivity index (χ4n) is 4.02. The standard InChI is InChI=1S/C16H20BrN3O2S2/c1-2-15-5-6-16(23-15)24(21,22)20-12-3-4-13(20)8-14(7-12)19-10-11(17)9-18-19/h5-6,9-10,12-14H,2-4,7-8H2,1H3. The average molecular weight is 430 g/mol. The second-order valence-electron chi connectivity index (χ2n) is 6.56. The molecule has 0 aromatic carbocycles. The van der Waals surface area contributed by atoms with Crippen LogP contribution in [0.2, 0.25) is 0 Å². The minimum atomic E-state index is -3.37. The zero-order valence-electron chi connectivity index (χ0n) is 13.4. The van der Waals surface area contributed by atoms with Crippen LogP contribution in [0, 0.1) is 0 Å². The molecule has 2 aromatic rings. The number of rotatable bonds is 4. The van der Waals surface area contributed by atoms with Gasteiger partial charge in [-0.25, -0.2) is 8.42 Å². The summed E-state index contributed by atoms with van der Waals surface area (Å²) in [6, 6.07) is 4.18. The third kappa shape index (κ3) is 2.77. The van der Waals surface area contributed by atoms with Crippen molar-refractivity contribution in [2.45, 2.75) is 61.4 Å². The van der Waals surface area contributed by atoms with E-state index in [2.05, 4.69) is 28.0 Å². The molecule has 2 bridgehead atoms. The van der Waals surface area contributed by atoms with Gasteiger partial charge in [0.05, 0.1) is 16.7 Å². The molecule has 0 radical (unpaired) electrons. The lowest BCUT2D eigenvalue weighted by Gasteiger charge is -2.37. The summed E-state index contributed by atoms with van der Waals surface area (Å²) < 4.78 is 31.5. The molecule has 2 fully saturated rings. The van der Waals surface area contributed by atoms with Crippen LogP contribution in [0.4, 0.5) is 0 Å². The number of fused-ring (bicyclic) bond motifs is 2. The monoisotopic (exact) mass is 429 g/mol. The topological polar surface area (TPSA) is 55.2 Å². The molecule has 2 aliphatic heterocycles. The molecule has 2 unspecified atom stereocenters. The minimum Gasteiger partial charge on any atom is -0.268 e. The van der Waals surface area contributed by atoms with Crippen LogP contribution in [0.3, 0.4) is 0 Å². The molecule has 0 N–H and O–H groups in total. The Morgan fingerprint density at radius 1 is 1.25 bits per heavy atom. The Balaban J connectivity index is 1.60. The number of halogens is 1. The summed E-state index contributed by atoms with van der Waals surface area (Å²) >= 11 is 4.85. The number of piperidine rings is 1. The molecule has 2 aromatic heterocycles. The van der Waals surface area contributed by atoms with E-state index in [0.717, 1.165) is 41.5 Å². The fraction of sp³-hybridized carbons (Fsp3) is 0.562. The molecule has 4 rings (SSSR count). The van der Waals surface area contributed by atoms with Crippen LogP contribution in [0.5, 0.6) is 0 Å². The normalized spacial score (nSPS) is 27.7. The summed E-state index contributed by atoms with van der Waals surface area (Å²) in [7, 11) is -3.37. The van der Waals surface area contributed by atoms with Crippen LogP contribution >= 0.6 is 27.3 Å². The smallest absolute Gasteiger partial charge is 0.253 e. The van der Waals surface area contributed by atoms with Gasteiger partial charge in [0.2, 0.25) is 0 Å². The van der Waals surface area contributed by atoms with Crippen molar-refractivity contribution in [3.8, 4) is 0 Å². The number of hydrogen-bond donors (Lipinski definition) is 0. The minimum absolute atomic E-state index is 0.0916. The van der Waals surface area contributed by atoms with Gasteiger partial charge in [-0.15, -0.1) is 11.3 Å². The highest BCUT2D eigenvalue weighted by Crippen LogP contribution is 2.44. The van der Waals surface area contributed by atoms with Gasteiger partial charge in [0.25, 0.3) is 10.0 Å². The Labute approximate surface area is 154 Å². The van der Waals surface area contributed by atoms with Gasteiger partial charge in [-0.1, -0.05) is 6.92 Å². The van der Waals surface area contributed by atoms with Crippen LogP contribution in [-0.2, 0) is 16.4 Å². The highest BCUT2D eigenvalue weighted by Gasteiger charge is 2.48. The van der Waals surface area contributed by atoms with Crippen molar-refractivity contribution in [1.29, 1.82) is 0 Å². The van der Waals surface area contributed by atoms with Crippen molar-refractivity contribution in [3.05, 3.63) is 33.9 Å². The summed E-state index contributed by atoms with van der Waals surface area (Å²) in [5.74, 6) is 0. The number of nitrogens with zero attached hydrogens (tertiary/aromatic N) is 3. The number of sulfonamides is 1. The Kier molecular flexibility index (Phi) is 4.35. The molecular weight excluding hydrogens is 410 g/mol. The van der Waals surface area contributed by atoms with Crippen LogP contribution in [-0.4, -0.2) is 34.6 Å². The van der Waals surface area contributed by atoms with Gasteiger partial charge >= 0.3 is 0 Å². The Morgan fingerprint density at radius 2 is 1.96 bits per heavy atom. The van der Waals surface area contributed by atoms with Crippen molar-refractivity contribution in [2.75, 3.05) is 0 Å². The van der Waals surface area contributed by atoms with E-state index in [1.165, 1.54) is 11.3 Å². The first-order chi connectivity index (χ1) is 11.5. The average Bonchev–Trinajstić information content (AvgIpc) is 3.26. The predicted octanol–water partition coefficient (Wildman–Crippen LogP) is 3.83.